The molecule has 2 rings (SSSR count). The molecule has 0 saturated heterocycles. The average molecular weight is 202 g/mol. The van der Waals surface area contributed by atoms with Crippen LogP contribution in [0.5, 0.6) is 0 Å². The van der Waals surface area contributed by atoms with Crippen LogP contribution in [0.3, 0.4) is 0 Å². The number of hydrogen-bond acceptors (Lipinski definition) is 1. The first-order chi connectivity index (χ1) is 7.16. The molecule has 1 aromatic rings. The fourth-order valence-corrected chi connectivity index (χ4v) is 1.97. The molecular weight excluding hydrogens is 184 g/mol. The number of hydrogen-bond donors (Lipinski definition) is 1. The van der Waals surface area contributed by atoms with Crippen LogP contribution >= 0.6 is 0 Å². The van der Waals surface area contributed by atoms with E-state index in [0.29, 0.717) is 5.92 Å². The molecule has 15 heavy (non-hydrogen) atoms. The van der Waals surface area contributed by atoms with Crippen LogP contribution in [-0.2, 0) is 0 Å². The lowest BCUT2D eigenvalue weighted by Crippen LogP contribution is -2.09. The van der Waals surface area contributed by atoms with Gasteiger partial charge in [-0.25, -0.2) is 4.98 Å². The maximum Gasteiger partial charge on any atom is 0.123 e. The Morgan fingerprint density at radius 1 is 1.53 bits per heavy atom. The standard InChI is InChI=1S/C13H18N2/c1-9-6-4-5-7-12-13(8-10(9)2)15-11(3)14-12/h7-9,14H,3-6H2,1-2H3/b10-8?,12-7+. The minimum Gasteiger partial charge on any atom is -0.339 e. The number of nitrogens with one attached hydrogen (secondary N) is 1. The van der Waals surface area contributed by atoms with Crippen molar-refractivity contribution in [2.45, 2.75) is 33.1 Å². The molecule has 0 bridgehead atoms. The molecule has 1 unspecified atom stereocenters. The second-order valence-corrected chi connectivity index (χ2v) is 4.41. The van der Waals surface area contributed by atoms with Crippen molar-refractivity contribution in [2.75, 3.05) is 0 Å². The molecule has 0 amide bonds. The fraction of sp³-hybridized carbons (Fsp3) is 0.462. The molecule has 0 radical (unpaired) electrons. The number of imidazole rings is 1. The highest BCUT2D eigenvalue weighted by Gasteiger charge is 2.07. The fourth-order valence-electron chi connectivity index (χ4n) is 1.97. The van der Waals surface area contributed by atoms with Gasteiger partial charge in [0.15, 0.2) is 0 Å². The van der Waals surface area contributed by atoms with E-state index in [1.165, 1.54) is 18.4 Å². The van der Waals surface area contributed by atoms with Crippen LogP contribution < -0.4 is 10.8 Å². The molecule has 1 aliphatic carbocycles. The second-order valence-electron chi connectivity index (χ2n) is 4.41. The van der Waals surface area contributed by atoms with E-state index in [1.807, 2.05) is 0 Å². The van der Waals surface area contributed by atoms with Gasteiger partial charge in [-0.05, 0) is 38.2 Å². The summed E-state index contributed by atoms with van der Waals surface area (Å²) in [4.78, 5) is 7.61. The molecule has 2 nitrogen and oxygen atoms in total. The maximum absolute atomic E-state index is 4.41. The molecule has 0 saturated carbocycles. The van der Waals surface area contributed by atoms with Gasteiger partial charge in [0.05, 0.1) is 11.0 Å². The van der Waals surface area contributed by atoms with Crippen molar-refractivity contribution >= 4 is 18.7 Å². The Hall–Kier alpha value is -1.31. The largest absolute Gasteiger partial charge is 0.339 e. The smallest absolute Gasteiger partial charge is 0.123 e. The van der Waals surface area contributed by atoms with E-state index in [4.69, 9.17) is 0 Å². The van der Waals surface area contributed by atoms with Crippen LogP contribution in [0.2, 0.25) is 0 Å². The Morgan fingerprint density at radius 2 is 2.33 bits per heavy atom. The summed E-state index contributed by atoms with van der Waals surface area (Å²) in [6, 6.07) is 0. The number of nitrogens with zero attached hydrogens (tertiary/aromatic N) is 1. The second kappa shape index (κ2) is 4.05. The van der Waals surface area contributed by atoms with Crippen molar-refractivity contribution in [2.24, 2.45) is 5.92 Å². The Bertz CT molecular complexity index is 479. The van der Waals surface area contributed by atoms with Gasteiger partial charge in [0, 0.05) is 0 Å². The maximum atomic E-state index is 4.41. The quantitative estimate of drug-likeness (QED) is 0.683. The van der Waals surface area contributed by atoms with Gasteiger partial charge in [-0.2, -0.15) is 0 Å². The van der Waals surface area contributed by atoms with Crippen molar-refractivity contribution in [1.29, 1.82) is 0 Å². The lowest BCUT2D eigenvalue weighted by molar-refractivity contribution is 0.592. The summed E-state index contributed by atoms with van der Waals surface area (Å²) in [5.74, 6) is 0.661. The summed E-state index contributed by atoms with van der Waals surface area (Å²) >= 11 is 0. The number of H-pyrrole nitrogens is 1. The Morgan fingerprint density at radius 3 is 3.13 bits per heavy atom. The third-order valence-corrected chi connectivity index (χ3v) is 3.14. The summed E-state index contributed by atoms with van der Waals surface area (Å²) in [6.45, 7) is 8.32. The molecule has 1 aliphatic rings. The summed E-state index contributed by atoms with van der Waals surface area (Å²) < 4.78 is 0. The van der Waals surface area contributed by atoms with Gasteiger partial charge in [0.2, 0.25) is 0 Å². The highest BCUT2D eigenvalue weighted by Crippen LogP contribution is 2.19. The van der Waals surface area contributed by atoms with Gasteiger partial charge in [-0.1, -0.05) is 25.2 Å². The van der Waals surface area contributed by atoms with E-state index in [2.05, 4.69) is 42.5 Å². The van der Waals surface area contributed by atoms with Crippen LogP contribution in [-0.4, -0.2) is 9.97 Å². The van der Waals surface area contributed by atoms with E-state index in [0.717, 1.165) is 22.9 Å². The molecule has 2 heteroatoms. The number of allylic oxidation sites excluding steroid dienone is 1. The summed E-state index contributed by atoms with van der Waals surface area (Å²) in [5, 5.41) is 1.13. The summed E-state index contributed by atoms with van der Waals surface area (Å²) in [6.07, 6.45) is 8.06. The molecule has 0 aromatic carbocycles. The predicted octanol–water partition coefficient (Wildman–Crippen LogP) is 1.82. The number of fused-ring (bicyclic) bond motifs is 1. The van der Waals surface area contributed by atoms with E-state index >= 15 is 0 Å². The molecule has 1 heterocycles. The number of rotatable bonds is 0. The van der Waals surface area contributed by atoms with Crippen LogP contribution in [0.25, 0.3) is 18.7 Å². The van der Waals surface area contributed by atoms with Crippen LogP contribution in [0.15, 0.2) is 5.57 Å². The topological polar surface area (TPSA) is 28.7 Å². The normalized spacial score (nSPS) is 24.0. The van der Waals surface area contributed by atoms with Crippen molar-refractivity contribution < 1.29 is 0 Å². The first-order valence-electron chi connectivity index (χ1n) is 5.60. The average Bonchev–Trinajstić information content (AvgIpc) is 2.53. The summed E-state index contributed by atoms with van der Waals surface area (Å²) in [7, 11) is 0. The molecule has 1 aromatic heterocycles. The number of aromatic amines is 1. The Balaban J connectivity index is 2.54. The zero-order chi connectivity index (χ0) is 10.8. The third-order valence-electron chi connectivity index (χ3n) is 3.14. The Labute approximate surface area is 90.4 Å². The van der Waals surface area contributed by atoms with Crippen molar-refractivity contribution in [3.63, 3.8) is 0 Å². The van der Waals surface area contributed by atoms with Crippen molar-refractivity contribution in [1.82, 2.24) is 9.97 Å². The van der Waals surface area contributed by atoms with E-state index in [1.54, 1.807) is 0 Å². The molecule has 0 fully saturated rings. The predicted molar refractivity (Wildman–Crippen MR) is 64.5 cm³/mol. The van der Waals surface area contributed by atoms with E-state index < -0.39 is 0 Å². The molecule has 1 atom stereocenters. The lowest BCUT2D eigenvalue weighted by Gasteiger charge is -2.09. The van der Waals surface area contributed by atoms with Gasteiger partial charge in [0.1, 0.15) is 5.48 Å². The minimum absolute atomic E-state index is 0.661. The summed E-state index contributed by atoms with van der Waals surface area (Å²) in [5.41, 5.74) is 3.22. The van der Waals surface area contributed by atoms with Gasteiger partial charge in [-0.3, -0.25) is 0 Å². The highest BCUT2D eigenvalue weighted by molar-refractivity contribution is 5.50. The first-order valence-corrected chi connectivity index (χ1v) is 5.60. The van der Waals surface area contributed by atoms with Crippen molar-refractivity contribution in [3.05, 3.63) is 22.1 Å². The lowest BCUT2D eigenvalue weighted by atomic mass is 9.96. The molecule has 1 N–H and O–H groups in total. The SMILES string of the molecule is C=c1nc2/c([nH]1)=C\CCCC(C)C(C)=C2. The van der Waals surface area contributed by atoms with Gasteiger partial charge in [-0.15, -0.1) is 0 Å². The van der Waals surface area contributed by atoms with Gasteiger partial charge >= 0.3 is 0 Å². The van der Waals surface area contributed by atoms with Crippen LogP contribution in [0.4, 0.5) is 0 Å². The van der Waals surface area contributed by atoms with Gasteiger partial charge < -0.3 is 4.98 Å². The monoisotopic (exact) mass is 202 g/mol. The Kier molecular flexibility index (Phi) is 2.76. The number of aromatic nitrogens is 2. The molecule has 0 aliphatic heterocycles. The molecule has 0 spiro atoms. The molecule has 80 valence electrons. The van der Waals surface area contributed by atoms with Gasteiger partial charge in [0.25, 0.3) is 0 Å². The van der Waals surface area contributed by atoms with E-state index in [9.17, 15) is 0 Å². The zero-order valence-corrected chi connectivity index (χ0v) is 9.51. The zero-order valence-electron chi connectivity index (χ0n) is 9.51. The third kappa shape index (κ3) is 2.20. The minimum atomic E-state index is 0.661. The van der Waals surface area contributed by atoms with Crippen molar-refractivity contribution in [3.8, 4) is 0 Å². The highest BCUT2D eigenvalue weighted by atomic mass is 14.9. The first kappa shape index (κ1) is 10.2. The van der Waals surface area contributed by atoms with Crippen LogP contribution in [0.1, 0.15) is 38.8 Å². The van der Waals surface area contributed by atoms with E-state index in [-0.39, 0.29) is 0 Å². The van der Waals surface area contributed by atoms with Crippen LogP contribution in [0, 0.1) is 5.92 Å². The molecular formula is C13H18N2.